The van der Waals surface area contributed by atoms with E-state index in [1.54, 1.807) is 25.3 Å². The van der Waals surface area contributed by atoms with E-state index in [-0.39, 0.29) is 17.6 Å². The summed E-state index contributed by atoms with van der Waals surface area (Å²) in [6.07, 6.45) is 0. The summed E-state index contributed by atoms with van der Waals surface area (Å²) < 4.78 is 12.6. The van der Waals surface area contributed by atoms with Crippen LogP contribution in [-0.4, -0.2) is 59.5 Å². The highest BCUT2D eigenvalue weighted by Crippen LogP contribution is 2.30. The maximum absolute atomic E-state index is 13.0. The Bertz CT molecular complexity index is 1050. The van der Waals surface area contributed by atoms with Crippen LogP contribution in [0.4, 0.5) is 0 Å². The Morgan fingerprint density at radius 2 is 1.84 bits per heavy atom. The van der Waals surface area contributed by atoms with E-state index in [0.717, 1.165) is 11.5 Å². The summed E-state index contributed by atoms with van der Waals surface area (Å²) in [6, 6.07) is 12.7. The molecule has 0 radical (unpaired) electrons. The van der Waals surface area contributed by atoms with Crippen LogP contribution < -0.4 is 9.47 Å². The summed E-state index contributed by atoms with van der Waals surface area (Å²) in [4.78, 5) is 15.0. The smallest absolute Gasteiger partial charge is 0.196 e. The summed E-state index contributed by atoms with van der Waals surface area (Å²) in [6.45, 7) is 2.05. The third-order valence-electron chi connectivity index (χ3n) is 4.93. The molecule has 7 nitrogen and oxygen atoms in total. The monoisotopic (exact) mass is 460 g/mol. The predicted molar refractivity (Wildman–Crippen MR) is 123 cm³/mol. The lowest BCUT2D eigenvalue weighted by molar-refractivity contribution is 0.101. The lowest BCUT2D eigenvalue weighted by Gasteiger charge is -2.20. The summed E-state index contributed by atoms with van der Waals surface area (Å²) >= 11 is 7.39. The molecule has 1 unspecified atom stereocenters. The average molecular weight is 461 g/mol. The summed E-state index contributed by atoms with van der Waals surface area (Å²) in [5.74, 6) is 1.97. The maximum Gasteiger partial charge on any atom is 0.196 e. The lowest BCUT2D eigenvalue weighted by atomic mass is 10.1. The van der Waals surface area contributed by atoms with Crippen molar-refractivity contribution in [1.29, 1.82) is 0 Å². The molecule has 9 heteroatoms. The highest BCUT2D eigenvalue weighted by Gasteiger charge is 2.22. The highest BCUT2D eigenvalue weighted by atomic mass is 35.5. The van der Waals surface area contributed by atoms with Gasteiger partial charge in [-0.1, -0.05) is 23.4 Å². The molecule has 1 heterocycles. The zero-order valence-corrected chi connectivity index (χ0v) is 19.7. The molecular weight excluding hydrogens is 436 g/mol. The first-order chi connectivity index (χ1) is 14.8. The SMILES string of the molecule is COc1ccc(OC)c(C(=O)CSc2nnc(C(C)N(C)C)n2-c2ccc(Cl)cc2)c1. The van der Waals surface area contributed by atoms with Crippen LogP contribution in [0.15, 0.2) is 47.6 Å². The molecule has 0 spiro atoms. The van der Waals surface area contributed by atoms with Crippen molar-refractivity contribution in [2.45, 2.75) is 18.1 Å². The number of halogens is 1. The molecule has 31 heavy (non-hydrogen) atoms. The van der Waals surface area contributed by atoms with Crippen LogP contribution in [-0.2, 0) is 0 Å². The number of ketones is 1. The second-order valence-corrected chi connectivity index (χ2v) is 8.45. The van der Waals surface area contributed by atoms with Crippen LogP contribution in [0.5, 0.6) is 11.5 Å². The van der Waals surface area contributed by atoms with E-state index >= 15 is 0 Å². The fraction of sp³-hybridized carbons (Fsp3) is 0.318. The normalized spacial score (nSPS) is 12.1. The zero-order valence-electron chi connectivity index (χ0n) is 18.1. The van der Waals surface area contributed by atoms with Crippen LogP contribution in [0.2, 0.25) is 5.02 Å². The number of aromatic nitrogens is 3. The summed E-state index contributed by atoms with van der Waals surface area (Å²) in [5.41, 5.74) is 1.35. The number of benzene rings is 2. The van der Waals surface area contributed by atoms with Gasteiger partial charge >= 0.3 is 0 Å². The molecule has 0 amide bonds. The van der Waals surface area contributed by atoms with Crippen molar-refractivity contribution >= 4 is 29.1 Å². The topological polar surface area (TPSA) is 69.5 Å². The van der Waals surface area contributed by atoms with Crippen molar-refractivity contribution in [1.82, 2.24) is 19.7 Å². The third kappa shape index (κ3) is 5.20. The number of hydrogen-bond donors (Lipinski definition) is 0. The Hall–Kier alpha value is -2.55. The van der Waals surface area contributed by atoms with Gasteiger partial charge in [-0.15, -0.1) is 10.2 Å². The molecule has 3 rings (SSSR count). The third-order valence-corrected chi connectivity index (χ3v) is 6.11. The van der Waals surface area contributed by atoms with Gasteiger partial charge in [0.25, 0.3) is 0 Å². The van der Waals surface area contributed by atoms with Crippen LogP contribution in [0.3, 0.4) is 0 Å². The Kier molecular flexibility index (Phi) is 7.59. The molecule has 0 aliphatic heterocycles. The van der Waals surface area contributed by atoms with Gasteiger partial charge in [-0.2, -0.15) is 0 Å². The number of nitrogens with zero attached hydrogens (tertiary/aromatic N) is 4. The zero-order chi connectivity index (χ0) is 22.5. The van der Waals surface area contributed by atoms with Crippen LogP contribution in [0.1, 0.15) is 29.1 Å². The van der Waals surface area contributed by atoms with Crippen molar-refractivity contribution < 1.29 is 14.3 Å². The first-order valence-corrected chi connectivity index (χ1v) is 11.0. The lowest BCUT2D eigenvalue weighted by Crippen LogP contribution is -2.20. The van der Waals surface area contributed by atoms with Crippen LogP contribution >= 0.6 is 23.4 Å². The van der Waals surface area contributed by atoms with Gasteiger partial charge < -0.3 is 9.47 Å². The van der Waals surface area contributed by atoms with Crippen molar-refractivity contribution in [2.24, 2.45) is 0 Å². The first kappa shape index (κ1) is 23.1. The standard InChI is InChI=1S/C22H25ClN4O3S/c1-14(26(2)3)21-24-25-22(27(21)16-8-6-15(23)7-9-16)31-13-19(28)18-12-17(29-4)10-11-20(18)30-5/h6-12,14H,13H2,1-5H3. The summed E-state index contributed by atoms with van der Waals surface area (Å²) in [5, 5.41) is 10.1. The minimum Gasteiger partial charge on any atom is -0.497 e. The molecular formula is C22H25ClN4O3S. The highest BCUT2D eigenvalue weighted by molar-refractivity contribution is 7.99. The number of carbonyl (C=O) groups excluding carboxylic acids is 1. The van der Waals surface area contributed by atoms with E-state index in [1.165, 1.54) is 18.9 Å². The Labute approximate surface area is 191 Å². The molecule has 1 atom stereocenters. The van der Waals surface area contributed by atoms with Gasteiger partial charge in [0.05, 0.1) is 31.6 Å². The number of hydrogen-bond acceptors (Lipinski definition) is 7. The molecule has 0 aliphatic carbocycles. The quantitative estimate of drug-likeness (QED) is 0.343. The largest absolute Gasteiger partial charge is 0.497 e. The second-order valence-electron chi connectivity index (χ2n) is 7.07. The predicted octanol–water partition coefficient (Wildman–Crippen LogP) is 4.54. The number of carbonyl (C=O) groups is 1. The number of Topliss-reactive ketones (excluding diaryl/α,β-unsaturated/α-hetero) is 1. The molecule has 0 N–H and O–H groups in total. The molecule has 0 saturated heterocycles. The fourth-order valence-corrected chi connectivity index (χ4v) is 3.92. The minimum absolute atomic E-state index is 0.0201. The van der Waals surface area contributed by atoms with E-state index in [9.17, 15) is 4.79 Å². The molecule has 0 aliphatic rings. The number of methoxy groups -OCH3 is 2. The molecule has 3 aromatic rings. The van der Waals surface area contributed by atoms with E-state index in [4.69, 9.17) is 21.1 Å². The summed E-state index contributed by atoms with van der Waals surface area (Å²) in [7, 11) is 7.07. The molecule has 1 aromatic heterocycles. The molecule has 2 aromatic carbocycles. The van der Waals surface area contributed by atoms with E-state index in [1.807, 2.05) is 42.9 Å². The minimum atomic E-state index is -0.0892. The van der Waals surface area contributed by atoms with Crippen molar-refractivity contribution in [2.75, 3.05) is 34.1 Å². The fourth-order valence-electron chi connectivity index (χ4n) is 2.95. The van der Waals surface area contributed by atoms with Crippen molar-refractivity contribution in [3.63, 3.8) is 0 Å². The Balaban J connectivity index is 1.91. The van der Waals surface area contributed by atoms with Gasteiger partial charge in [0.15, 0.2) is 16.8 Å². The van der Waals surface area contributed by atoms with Gasteiger partial charge in [0, 0.05) is 10.7 Å². The molecule has 0 fully saturated rings. The Morgan fingerprint density at radius 3 is 2.45 bits per heavy atom. The van der Waals surface area contributed by atoms with Crippen molar-refractivity contribution in [3.05, 3.63) is 58.9 Å². The number of rotatable bonds is 9. The van der Waals surface area contributed by atoms with Crippen molar-refractivity contribution in [3.8, 4) is 17.2 Å². The van der Waals surface area contributed by atoms with E-state index in [2.05, 4.69) is 22.0 Å². The molecule has 0 bridgehead atoms. The van der Waals surface area contributed by atoms with Gasteiger partial charge in [0.1, 0.15) is 11.5 Å². The average Bonchev–Trinajstić information content (AvgIpc) is 3.20. The number of thioether (sulfide) groups is 1. The van der Waals surface area contributed by atoms with Crippen LogP contribution in [0, 0.1) is 0 Å². The molecule has 164 valence electrons. The molecule has 0 saturated carbocycles. The number of ether oxygens (including phenoxy) is 2. The van der Waals surface area contributed by atoms with E-state index < -0.39 is 0 Å². The van der Waals surface area contributed by atoms with Crippen LogP contribution in [0.25, 0.3) is 5.69 Å². The van der Waals surface area contributed by atoms with Gasteiger partial charge in [-0.05, 0) is 63.5 Å². The van der Waals surface area contributed by atoms with Gasteiger partial charge in [-0.3, -0.25) is 14.3 Å². The van der Waals surface area contributed by atoms with E-state index in [0.29, 0.717) is 27.2 Å². The van der Waals surface area contributed by atoms with Gasteiger partial charge in [-0.25, -0.2) is 0 Å². The Morgan fingerprint density at radius 1 is 1.13 bits per heavy atom. The van der Waals surface area contributed by atoms with Gasteiger partial charge in [0.2, 0.25) is 0 Å². The first-order valence-electron chi connectivity index (χ1n) is 9.61. The second kappa shape index (κ2) is 10.2. The maximum atomic E-state index is 13.0.